The Kier molecular flexibility index (Phi) is 5.48. The van der Waals surface area contributed by atoms with Crippen LogP contribution >= 0.6 is 11.6 Å². The van der Waals surface area contributed by atoms with Gasteiger partial charge < -0.3 is 4.74 Å². The molecule has 0 aliphatic carbocycles. The van der Waals surface area contributed by atoms with Crippen molar-refractivity contribution in [3.8, 4) is 17.6 Å². The molecule has 0 bridgehead atoms. The molecular weight excluding hydrogens is 348 g/mol. The van der Waals surface area contributed by atoms with Crippen LogP contribution in [0.1, 0.15) is 26.3 Å². The van der Waals surface area contributed by atoms with Crippen molar-refractivity contribution >= 4 is 23.4 Å². The highest BCUT2D eigenvalue weighted by Gasteiger charge is 2.15. The Morgan fingerprint density at radius 2 is 1.46 bits per heavy atom. The van der Waals surface area contributed by atoms with Gasteiger partial charge in [-0.05, 0) is 54.5 Å². The van der Waals surface area contributed by atoms with Gasteiger partial charge >= 0.3 is 5.97 Å². The second kappa shape index (κ2) is 8.15. The summed E-state index contributed by atoms with van der Waals surface area (Å²) in [6, 6.07) is 22.0. The van der Waals surface area contributed by atoms with Gasteiger partial charge in [0.15, 0.2) is 0 Å². The molecule has 0 aliphatic heterocycles. The largest absolute Gasteiger partial charge is 0.422 e. The molecule has 0 saturated carbocycles. The zero-order valence-electron chi connectivity index (χ0n) is 13.6. The van der Waals surface area contributed by atoms with Crippen molar-refractivity contribution in [3.63, 3.8) is 0 Å². The van der Waals surface area contributed by atoms with Crippen LogP contribution in [0.5, 0.6) is 5.75 Å². The Bertz CT molecular complexity index is 997. The Morgan fingerprint density at radius 1 is 0.808 bits per heavy atom. The van der Waals surface area contributed by atoms with Gasteiger partial charge in [0.1, 0.15) is 5.75 Å². The normalized spacial score (nSPS) is 9.73. The summed E-state index contributed by atoms with van der Waals surface area (Å²) in [5.74, 6) is 4.56. The first-order chi connectivity index (χ1) is 12.6. The molecule has 3 nitrogen and oxygen atoms in total. The Hall–Kier alpha value is -3.35. The zero-order valence-corrected chi connectivity index (χ0v) is 14.4. The van der Waals surface area contributed by atoms with Gasteiger partial charge in [0.2, 0.25) is 5.78 Å². The van der Waals surface area contributed by atoms with Crippen LogP contribution in [0.3, 0.4) is 0 Å². The summed E-state index contributed by atoms with van der Waals surface area (Å²) in [4.78, 5) is 24.7. The van der Waals surface area contributed by atoms with Gasteiger partial charge in [0, 0.05) is 10.6 Å². The van der Waals surface area contributed by atoms with E-state index in [1.165, 1.54) is 0 Å². The maximum Gasteiger partial charge on any atom is 0.343 e. The van der Waals surface area contributed by atoms with Crippen molar-refractivity contribution in [2.24, 2.45) is 0 Å². The number of ether oxygens (including phenoxy) is 1. The molecule has 0 saturated heterocycles. The van der Waals surface area contributed by atoms with E-state index in [1.54, 1.807) is 48.5 Å². The first kappa shape index (κ1) is 17.5. The van der Waals surface area contributed by atoms with Crippen LogP contribution in [0.2, 0.25) is 5.02 Å². The summed E-state index contributed by atoms with van der Waals surface area (Å²) in [7, 11) is 0. The van der Waals surface area contributed by atoms with Crippen LogP contribution in [-0.2, 0) is 0 Å². The number of carbonyl (C=O) groups is 2. The van der Waals surface area contributed by atoms with Crippen LogP contribution in [0.15, 0.2) is 78.9 Å². The Labute approximate surface area is 156 Å². The summed E-state index contributed by atoms with van der Waals surface area (Å²) < 4.78 is 5.37. The topological polar surface area (TPSA) is 43.4 Å². The summed E-state index contributed by atoms with van der Waals surface area (Å²) in [6.45, 7) is 0. The van der Waals surface area contributed by atoms with Crippen molar-refractivity contribution in [1.29, 1.82) is 0 Å². The number of benzene rings is 3. The molecule has 3 rings (SSSR count). The number of hydrogen-bond donors (Lipinski definition) is 0. The third kappa shape index (κ3) is 4.38. The van der Waals surface area contributed by atoms with Gasteiger partial charge in [-0.3, -0.25) is 4.79 Å². The Morgan fingerprint density at radius 3 is 2.19 bits per heavy atom. The minimum Gasteiger partial charge on any atom is -0.422 e. The number of Topliss-reactive ketones (excluding diaryl/α,β-unsaturated/α-hetero) is 1. The smallest absolute Gasteiger partial charge is 0.343 e. The van der Waals surface area contributed by atoms with Crippen LogP contribution in [0.4, 0.5) is 0 Å². The maximum atomic E-state index is 12.4. The molecule has 126 valence electrons. The van der Waals surface area contributed by atoms with Gasteiger partial charge in [0.25, 0.3) is 0 Å². The highest BCUT2D eigenvalue weighted by atomic mass is 35.5. The number of halogens is 1. The minimum atomic E-state index is -0.571. The van der Waals surface area contributed by atoms with Crippen molar-refractivity contribution in [2.75, 3.05) is 0 Å². The van der Waals surface area contributed by atoms with Crippen molar-refractivity contribution < 1.29 is 14.3 Å². The van der Waals surface area contributed by atoms with Gasteiger partial charge in [-0.1, -0.05) is 47.9 Å². The molecule has 0 fully saturated rings. The number of para-hydroxylation sites is 1. The lowest BCUT2D eigenvalue weighted by atomic mass is 10.1. The summed E-state index contributed by atoms with van der Waals surface area (Å²) in [6.07, 6.45) is 0. The molecule has 3 aromatic rings. The average Bonchev–Trinajstić information content (AvgIpc) is 2.68. The summed E-state index contributed by atoms with van der Waals surface area (Å²) in [5, 5.41) is 0.522. The van der Waals surface area contributed by atoms with E-state index in [0.29, 0.717) is 10.6 Å². The molecule has 3 aromatic carbocycles. The van der Waals surface area contributed by atoms with Crippen molar-refractivity contribution in [3.05, 3.63) is 101 Å². The Balaban J connectivity index is 1.82. The standard InChI is InChI=1S/C22H13ClO3/c23-18-13-11-17(12-14-18)22(25)26-21-9-5-4-8-19(21)20(24)15-10-16-6-2-1-3-7-16/h1-9,11-14H. The second-order valence-electron chi connectivity index (χ2n) is 5.34. The van der Waals surface area contributed by atoms with Crippen molar-refractivity contribution in [1.82, 2.24) is 0 Å². The molecule has 0 aromatic heterocycles. The number of carbonyl (C=O) groups excluding carboxylic acids is 2. The van der Waals surface area contributed by atoms with Crippen molar-refractivity contribution in [2.45, 2.75) is 0 Å². The third-order valence-electron chi connectivity index (χ3n) is 3.51. The average molecular weight is 361 g/mol. The zero-order chi connectivity index (χ0) is 18.4. The highest BCUT2D eigenvalue weighted by Crippen LogP contribution is 2.20. The lowest BCUT2D eigenvalue weighted by Gasteiger charge is -2.07. The molecule has 26 heavy (non-hydrogen) atoms. The predicted octanol–water partition coefficient (Wildman–Crippen LogP) is 4.79. The molecular formula is C22H13ClO3. The predicted molar refractivity (Wildman–Crippen MR) is 101 cm³/mol. The number of rotatable bonds is 3. The fourth-order valence-corrected chi connectivity index (χ4v) is 2.33. The molecule has 0 aliphatic rings. The van der Waals surface area contributed by atoms with E-state index in [1.807, 2.05) is 30.3 Å². The van der Waals surface area contributed by atoms with E-state index in [9.17, 15) is 9.59 Å². The SMILES string of the molecule is O=C(Oc1ccccc1C(=O)C#Cc1ccccc1)c1ccc(Cl)cc1. The molecule has 0 N–H and O–H groups in total. The lowest BCUT2D eigenvalue weighted by molar-refractivity contribution is 0.0733. The van der Waals surface area contributed by atoms with Crippen LogP contribution < -0.4 is 4.74 Å². The van der Waals surface area contributed by atoms with E-state index >= 15 is 0 Å². The van der Waals surface area contributed by atoms with E-state index in [0.717, 1.165) is 5.56 Å². The van der Waals surface area contributed by atoms with Crippen LogP contribution in [0, 0.1) is 11.8 Å². The minimum absolute atomic E-state index is 0.166. The quantitative estimate of drug-likeness (QED) is 0.292. The first-order valence-corrected chi connectivity index (χ1v) is 8.19. The molecule has 0 spiro atoms. The molecule has 0 radical (unpaired) electrons. The molecule has 0 unspecified atom stereocenters. The number of ketones is 1. The summed E-state index contributed by atoms with van der Waals surface area (Å²) in [5.41, 5.74) is 1.31. The number of esters is 1. The van der Waals surface area contributed by atoms with Gasteiger partial charge in [-0.15, -0.1) is 0 Å². The second-order valence-corrected chi connectivity index (χ2v) is 5.77. The van der Waals surface area contributed by atoms with E-state index < -0.39 is 11.8 Å². The third-order valence-corrected chi connectivity index (χ3v) is 3.76. The monoisotopic (exact) mass is 360 g/mol. The van der Waals surface area contributed by atoms with Crippen LogP contribution in [0.25, 0.3) is 0 Å². The number of hydrogen-bond acceptors (Lipinski definition) is 3. The highest BCUT2D eigenvalue weighted by molar-refractivity contribution is 6.30. The van der Waals surface area contributed by atoms with Gasteiger partial charge in [0.05, 0.1) is 11.1 Å². The van der Waals surface area contributed by atoms with E-state index in [-0.39, 0.29) is 11.3 Å². The maximum absolute atomic E-state index is 12.4. The fourth-order valence-electron chi connectivity index (χ4n) is 2.21. The fraction of sp³-hybridized carbons (Fsp3) is 0. The molecule has 0 amide bonds. The van der Waals surface area contributed by atoms with Gasteiger partial charge in [-0.25, -0.2) is 4.79 Å². The summed E-state index contributed by atoms with van der Waals surface area (Å²) >= 11 is 5.82. The molecule has 4 heteroatoms. The first-order valence-electron chi connectivity index (χ1n) is 7.81. The van der Waals surface area contributed by atoms with Gasteiger partial charge in [-0.2, -0.15) is 0 Å². The molecule has 0 atom stereocenters. The van der Waals surface area contributed by atoms with E-state index in [4.69, 9.17) is 16.3 Å². The van der Waals surface area contributed by atoms with E-state index in [2.05, 4.69) is 11.8 Å². The lowest BCUT2D eigenvalue weighted by Crippen LogP contribution is -2.11. The van der Waals surface area contributed by atoms with Crippen LogP contribution in [-0.4, -0.2) is 11.8 Å². The molecule has 0 heterocycles.